The molecule has 0 fully saturated rings. The zero-order valence-corrected chi connectivity index (χ0v) is 12.5. The summed E-state index contributed by atoms with van der Waals surface area (Å²) in [6, 6.07) is 2.04. The first-order chi connectivity index (χ1) is 9.54. The first kappa shape index (κ1) is 13.2. The van der Waals surface area contributed by atoms with Crippen LogP contribution in [0, 0.1) is 6.92 Å². The molecule has 20 heavy (non-hydrogen) atoms. The molecule has 1 aromatic heterocycles. The van der Waals surface area contributed by atoms with Crippen LogP contribution in [0.1, 0.15) is 59.9 Å². The van der Waals surface area contributed by atoms with Gasteiger partial charge in [0, 0.05) is 29.4 Å². The Morgan fingerprint density at radius 1 is 1.30 bits per heavy atom. The summed E-state index contributed by atoms with van der Waals surface area (Å²) in [6.45, 7) is 6.27. The molecule has 0 N–H and O–H groups in total. The maximum atomic E-state index is 12.3. The fourth-order valence-electron chi connectivity index (χ4n) is 3.12. The van der Waals surface area contributed by atoms with E-state index in [0.29, 0.717) is 12.3 Å². The van der Waals surface area contributed by atoms with Gasteiger partial charge in [0.2, 0.25) is 0 Å². The largest absolute Gasteiger partial charge is 0.496 e. The van der Waals surface area contributed by atoms with Crippen molar-refractivity contribution >= 4 is 16.8 Å². The number of hydrogen-bond acceptors (Lipinski definition) is 3. The Hall–Kier alpha value is -1.77. The molecule has 0 saturated carbocycles. The summed E-state index contributed by atoms with van der Waals surface area (Å²) in [5, 5.41) is 0.966. The maximum absolute atomic E-state index is 12.3. The van der Waals surface area contributed by atoms with Crippen molar-refractivity contribution in [3.63, 3.8) is 0 Å². The van der Waals surface area contributed by atoms with Crippen LogP contribution < -0.4 is 4.74 Å². The van der Waals surface area contributed by atoms with Crippen LogP contribution in [0.2, 0.25) is 0 Å². The molecule has 0 spiro atoms. The lowest BCUT2D eigenvalue weighted by Gasteiger charge is -2.13. The maximum Gasteiger partial charge on any atom is 0.167 e. The van der Waals surface area contributed by atoms with Crippen LogP contribution in [0.5, 0.6) is 5.75 Å². The van der Waals surface area contributed by atoms with Gasteiger partial charge in [-0.25, -0.2) is 0 Å². The number of carbonyl (C=O) groups excluding carboxylic acids is 1. The van der Waals surface area contributed by atoms with Crippen LogP contribution in [0.25, 0.3) is 11.0 Å². The molecule has 1 heterocycles. The summed E-state index contributed by atoms with van der Waals surface area (Å²) in [5.41, 5.74) is 3.79. The number of rotatable bonds is 2. The van der Waals surface area contributed by atoms with Gasteiger partial charge in [-0.2, -0.15) is 0 Å². The Morgan fingerprint density at radius 2 is 2.05 bits per heavy atom. The summed E-state index contributed by atoms with van der Waals surface area (Å²) >= 11 is 0. The minimum Gasteiger partial charge on any atom is -0.496 e. The summed E-state index contributed by atoms with van der Waals surface area (Å²) < 4.78 is 11.5. The monoisotopic (exact) mass is 272 g/mol. The number of Topliss-reactive ketones (excluding diaryl/α,β-unsaturated/α-hetero) is 1. The number of carbonyl (C=O) groups is 1. The Morgan fingerprint density at radius 3 is 2.70 bits per heavy atom. The smallest absolute Gasteiger partial charge is 0.167 e. The first-order valence-electron chi connectivity index (χ1n) is 7.20. The van der Waals surface area contributed by atoms with E-state index in [1.807, 2.05) is 13.0 Å². The van der Waals surface area contributed by atoms with E-state index in [2.05, 4.69) is 13.8 Å². The number of aryl methyl sites for hydroxylation is 2. The molecule has 0 unspecified atom stereocenters. The highest BCUT2D eigenvalue weighted by molar-refractivity contribution is 6.11. The molecule has 1 aliphatic carbocycles. The second kappa shape index (κ2) is 4.65. The van der Waals surface area contributed by atoms with E-state index < -0.39 is 0 Å². The Labute approximate surface area is 118 Å². The van der Waals surface area contributed by atoms with Crippen molar-refractivity contribution in [2.24, 2.45) is 0 Å². The molecule has 3 rings (SSSR count). The van der Waals surface area contributed by atoms with Gasteiger partial charge < -0.3 is 9.15 Å². The van der Waals surface area contributed by atoms with Crippen LogP contribution in [-0.2, 0) is 6.42 Å². The molecular formula is C17H20O3. The third kappa shape index (κ3) is 1.76. The molecule has 0 bridgehead atoms. The average molecular weight is 272 g/mol. The van der Waals surface area contributed by atoms with Gasteiger partial charge in [-0.1, -0.05) is 13.8 Å². The molecule has 0 aliphatic heterocycles. The topological polar surface area (TPSA) is 39.4 Å². The second-order valence-electron chi connectivity index (χ2n) is 5.83. The fourth-order valence-corrected chi connectivity index (χ4v) is 3.12. The third-order valence-electron chi connectivity index (χ3n) is 4.20. The van der Waals surface area contributed by atoms with Crippen molar-refractivity contribution in [2.75, 3.05) is 7.11 Å². The lowest BCUT2D eigenvalue weighted by Crippen LogP contribution is -2.08. The summed E-state index contributed by atoms with van der Waals surface area (Å²) in [5.74, 6) is 2.23. The lowest BCUT2D eigenvalue weighted by atomic mass is 9.90. The van der Waals surface area contributed by atoms with Gasteiger partial charge in [-0.3, -0.25) is 4.79 Å². The number of ether oxygens (including phenoxy) is 1. The van der Waals surface area contributed by atoms with E-state index in [1.54, 1.807) is 7.11 Å². The molecule has 2 aromatic rings. The van der Waals surface area contributed by atoms with Gasteiger partial charge in [0.05, 0.1) is 12.7 Å². The molecular weight excluding hydrogens is 252 g/mol. The molecule has 0 saturated heterocycles. The molecule has 1 aliphatic rings. The highest BCUT2D eigenvalue weighted by Crippen LogP contribution is 2.41. The minimum absolute atomic E-state index is 0.205. The number of hydrogen-bond donors (Lipinski definition) is 0. The third-order valence-corrected chi connectivity index (χ3v) is 4.20. The predicted molar refractivity (Wildman–Crippen MR) is 78.9 cm³/mol. The lowest BCUT2D eigenvalue weighted by molar-refractivity contribution is 0.0971. The van der Waals surface area contributed by atoms with Crippen molar-refractivity contribution in [3.8, 4) is 5.75 Å². The van der Waals surface area contributed by atoms with Crippen LogP contribution in [0.15, 0.2) is 10.5 Å². The Kier molecular flexibility index (Phi) is 3.08. The highest BCUT2D eigenvalue weighted by atomic mass is 16.5. The van der Waals surface area contributed by atoms with Crippen LogP contribution in [-0.4, -0.2) is 12.9 Å². The quantitative estimate of drug-likeness (QED) is 0.813. The average Bonchev–Trinajstić information content (AvgIpc) is 2.80. The van der Waals surface area contributed by atoms with Crippen molar-refractivity contribution in [3.05, 3.63) is 28.5 Å². The van der Waals surface area contributed by atoms with E-state index in [1.165, 1.54) is 0 Å². The molecule has 0 atom stereocenters. The summed E-state index contributed by atoms with van der Waals surface area (Å²) in [6.07, 6.45) is 2.36. The number of furan rings is 1. The van der Waals surface area contributed by atoms with E-state index in [0.717, 1.165) is 52.0 Å². The van der Waals surface area contributed by atoms with E-state index in [4.69, 9.17) is 9.15 Å². The Balaban J connectivity index is 2.44. The molecule has 3 heteroatoms. The van der Waals surface area contributed by atoms with Crippen LogP contribution in [0.3, 0.4) is 0 Å². The number of methoxy groups -OCH3 is 1. The first-order valence-corrected chi connectivity index (χ1v) is 7.20. The van der Waals surface area contributed by atoms with Crippen molar-refractivity contribution in [2.45, 2.75) is 46.0 Å². The predicted octanol–water partition coefficient (Wildman–Crippen LogP) is 4.39. The van der Waals surface area contributed by atoms with E-state index in [9.17, 15) is 4.79 Å². The van der Waals surface area contributed by atoms with Gasteiger partial charge in [0.1, 0.15) is 17.1 Å². The minimum atomic E-state index is 0.205. The van der Waals surface area contributed by atoms with Crippen molar-refractivity contribution in [1.82, 2.24) is 0 Å². The molecule has 1 aromatic carbocycles. The van der Waals surface area contributed by atoms with Crippen LogP contribution in [0.4, 0.5) is 0 Å². The zero-order valence-electron chi connectivity index (χ0n) is 12.5. The van der Waals surface area contributed by atoms with Crippen molar-refractivity contribution < 1.29 is 13.9 Å². The van der Waals surface area contributed by atoms with Gasteiger partial charge in [0.25, 0.3) is 0 Å². The van der Waals surface area contributed by atoms with Gasteiger partial charge in [-0.15, -0.1) is 0 Å². The van der Waals surface area contributed by atoms with E-state index >= 15 is 0 Å². The molecule has 0 radical (unpaired) electrons. The molecule has 3 nitrogen and oxygen atoms in total. The summed E-state index contributed by atoms with van der Waals surface area (Å²) in [7, 11) is 1.67. The number of fused-ring (bicyclic) bond motifs is 3. The normalized spacial score (nSPS) is 14.9. The van der Waals surface area contributed by atoms with Crippen LogP contribution >= 0.6 is 0 Å². The van der Waals surface area contributed by atoms with Gasteiger partial charge in [-0.05, 0) is 25.3 Å². The molecule has 0 amide bonds. The van der Waals surface area contributed by atoms with Crippen molar-refractivity contribution in [1.29, 1.82) is 0 Å². The standard InChI is InChI=1S/C17H20O3/c1-9(2)11-8-14(19-4)10(3)15-16-12(18)6-5-7-13(16)20-17(11)15/h8-9H,5-7H2,1-4H3. The summed E-state index contributed by atoms with van der Waals surface area (Å²) in [4.78, 5) is 12.3. The second-order valence-corrected chi connectivity index (χ2v) is 5.83. The van der Waals surface area contributed by atoms with Gasteiger partial charge >= 0.3 is 0 Å². The zero-order chi connectivity index (χ0) is 14.4. The number of benzene rings is 1. The SMILES string of the molecule is COc1cc(C(C)C)c2oc3c(c2c1C)C(=O)CCC3. The Bertz CT molecular complexity index is 692. The fraction of sp³-hybridized carbons (Fsp3) is 0.471. The number of ketones is 1. The molecule has 106 valence electrons. The van der Waals surface area contributed by atoms with Gasteiger partial charge in [0.15, 0.2) is 5.78 Å². The highest BCUT2D eigenvalue weighted by Gasteiger charge is 2.28. The van der Waals surface area contributed by atoms with E-state index in [-0.39, 0.29) is 5.78 Å².